The molecule has 0 fully saturated rings. The molecule has 6 nitrogen and oxygen atoms in total. The first-order valence-corrected chi connectivity index (χ1v) is 8.93. The Labute approximate surface area is 159 Å². The minimum atomic E-state index is -0.679. The van der Waals surface area contributed by atoms with Gasteiger partial charge in [0, 0.05) is 23.9 Å². The molecule has 0 aliphatic heterocycles. The van der Waals surface area contributed by atoms with Crippen LogP contribution in [0.15, 0.2) is 24.3 Å². The lowest BCUT2D eigenvalue weighted by Gasteiger charge is -2.24. The third-order valence-electron chi connectivity index (χ3n) is 4.74. The monoisotopic (exact) mass is 370 g/mol. The van der Waals surface area contributed by atoms with Crippen molar-refractivity contribution in [3.63, 3.8) is 0 Å². The van der Waals surface area contributed by atoms with Crippen molar-refractivity contribution in [3.05, 3.63) is 57.9 Å². The number of aromatic nitrogens is 1. The normalized spacial score (nSPS) is 11.8. The third-order valence-corrected chi connectivity index (χ3v) is 4.74. The van der Waals surface area contributed by atoms with Gasteiger partial charge >= 0.3 is 5.97 Å². The Morgan fingerprint density at radius 3 is 2.26 bits per heavy atom. The van der Waals surface area contributed by atoms with Gasteiger partial charge in [-0.25, -0.2) is 4.79 Å². The van der Waals surface area contributed by atoms with Crippen LogP contribution >= 0.6 is 0 Å². The van der Waals surface area contributed by atoms with E-state index in [2.05, 4.69) is 4.98 Å². The van der Waals surface area contributed by atoms with Crippen LogP contribution in [0, 0.1) is 20.8 Å². The number of nitrogens with zero attached hydrogens (tertiary/aromatic N) is 1. The number of carbonyl (C=O) groups is 3. The van der Waals surface area contributed by atoms with Crippen molar-refractivity contribution < 1.29 is 19.1 Å². The number of aromatic amines is 1. The number of amides is 1. The molecule has 2 rings (SSSR count). The van der Waals surface area contributed by atoms with E-state index in [0.717, 1.165) is 5.56 Å². The summed E-state index contributed by atoms with van der Waals surface area (Å²) in [5, 5.41) is 0. The molecular weight excluding hydrogens is 344 g/mol. The smallest absolute Gasteiger partial charge is 0.355 e. The van der Waals surface area contributed by atoms with Crippen LogP contribution in [0.25, 0.3) is 0 Å². The van der Waals surface area contributed by atoms with Crippen molar-refractivity contribution in [1.29, 1.82) is 0 Å². The molecule has 0 bridgehead atoms. The van der Waals surface area contributed by atoms with Gasteiger partial charge in [0.2, 0.25) is 0 Å². The highest BCUT2D eigenvalue weighted by Crippen LogP contribution is 2.22. The van der Waals surface area contributed by atoms with Crippen molar-refractivity contribution >= 4 is 17.7 Å². The lowest BCUT2D eigenvalue weighted by atomic mass is 9.99. The first-order chi connectivity index (χ1) is 12.7. The van der Waals surface area contributed by atoms with Crippen molar-refractivity contribution in [1.82, 2.24) is 9.88 Å². The van der Waals surface area contributed by atoms with E-state index in [-0.39, 0.29) is 24.0 Å². The number of Topliss-reactive ketones (excluding diaryl/α,β-unsaturated/α-hetero) is 1. The summed E-state index contributed by atoms with van der Waals surface area (Å²) in [7, 11) is 1.61. The number of likely N-dealkylation sites (N-methyl/N-ethyl adjacent to an activating group) is 1. The maximum absolute atomic E-state index is 13.0. The van der Waals surface area contributed by atoms with Crippen LogP contribution in [-0.4, -0.2) is 47.2 Å². The van der Waals surface area contributed by atoms with Crippen molar-refractivity contribution in [2.24, 2.45) is 0 Å². The lowest BCUT2D eigenvalue weighted by molar-refractivity contribution is 0.0519. The Kier molecular flexibility index (Phi) is 6.20. The van der Waals surface area contributed by atoms with Crippen molar-refractivity contribution in [3.8, 4) is 0 Å². The molecule has 0 spiro atoms. The van der Waals surface area contributed by atoms with Gasteiger partial charge in [0.25, 0.3) is 5.91 Å². The van der Waals surface area contributed by atoms with Gasteiger partial charge in [-0.2, -0.15) is 0 Å². The number of benzene rings is 1. The standard InChI is InChI=1S/C21H26N2O4/c1-7-27-21(26)18-13(3)17(14(4)22-18)19(24)15(5)23(6)20(25)16-10-8-12(2)9-11-16/h8-11,15,22H,7H2,1-6H3. The van der Waals surface area contributed by atoms with Crippen molar-refractivity contribution in [2.45, 2.75) is 40.7 Å². The highest BCUT2D eigenvalue weighted by Gasteiger charge is 2.29. The fourth-order valence-corrected chi connectivity index (χ4v) is 2.99. The van der Waals surface area contributed by atoms with E-state index in [1.165, 1.54) is 4.90 Å². The molecular formula is C21H26N2O4. The molecule has 1 atom stereocenters. The van der Waals surface area contributed by atoms with E-state index < -0.39 is 12.0 Å². The zero-order valence-electron chi connectivity index (χ0n) is 16.7. The van der Waals surface area contributed by atoms with E-state index in [0.29, 0.717) is 22.4 Å². The molecule has 1 aromatic carbocycles. The van der Waals surface area contributed by atoms with Crippen LogP contribution in [0.3, 0.4) is 0 Å². The van der Waals surface area contributed by atoms with E-state index in [1.54, 1.807) is 46.9 Å². The molecule has 1 unspecified atom stereocenters. The molecule has 6 heteroatoms. The molecule has 1 heterocycles. The van der Waals surface area contributed by atoms with Gasteiger partial charge in [-0.15, -0.1) is 0 Å². The van der Waals surface area contributed by atoms with E-state index in [9.17, 15) is 14.4 Å². The molecule has 2 aromatic rings. The number of hydrogen-bond acceptors (Lipinski definition) is 4. The molecule has 0 radical (unpaired) electrons. The second kappa shape index (κ2) is 8.20. The van der Waals surface area contributed by atoms with Gasteiger partial charge in [0.05, 0.1) is 12.6 Å². The number of rotatable bonds is 6. The third kappa shape index (κ3) is 4.10. The van der Waals surface area contributed by atoms with Crippen LogP contribution in [0.2, 0.25) is 0 Å². The number of H-pyrrole nitrogens is 1. The molecule has 1 amide bonds. The SMILES string of the molecule is CCOC(=O)c1[nH]c(C)c(C(=O)C(C)N(C)C(=O)c2ccc(C)cc2)c1C. The molecule has 0 saturated carbocycles. The van der Waals surface area contributed by atoms with Crippen LogP contribution in [0.1, 0.15) is 61.9 Å². The number of ether oxygens (including phenoxy) is 1. The van der Waals surface area contributed by atoms with E-state index >= 15 is 0 Å². The number of esters is 1. The first-order valence-electron chi connectivity index (χ1n) is 8.93. The molecule has 1 N–H and O–H groups in total. The summed E-state index contributed by atoms with van der Waals surface area (Å²) in [4.78, 5) is 42.1. The molecule has 0 saturated heterocycles. The molecule has 1 aromatic heterocycles. The zero-order valence-corrected chi connectivity index (χ0v) is 16.7. The van der Waals surface area contributed by atoms with Gasteiger partial charge in [-0.3, -0.25) is 9.59 Å². The van der Waals surface area contributed by atoms with E-state index in [1.807, 2.05) is 19.1 Å². The average molecular weight is 370 g/mol. The quantitative estimate of drug-likeness (QED) is 0.624. The molecule has 144 valence electrons. The second-order valence-corrected chi connectivity index (χ2v) is 6.67. The molecule has 27 heavy (non-hydrogen) atoms. The summed E-state index contributed by atoms with van der Waals surface area (Å²) in [5.41, 5.74) is 3.41. The Morgan fingerprint density at radius 2 is 1.70 bits per heavy atom. The lowest BCUT2D eigenvalue weighted by Crippen LogP contribution is -2.40. The van der Waals surface area contributed by atoms with Crippen molar-refractivity contribution in [2.75, 3.05) is 13.7 Å². The van der Waals surface area contributed by atoms with Crippen LogP contribution in [0.4, 0.5) is 0 Å². The summed E-state index contributed by atoms with van der Waals surface area (Å²) in [6.45, 7) is 9.05. The zero-order chi connectivity index (χ0) is 20.3. The van der Waals surface area contributed by atoms with Gasteiger partial charge in [-0.1, -0.05) is 17.7 Å². The fraction of sp³-hybridized carbons (Fsp3) is 0.381. The maximum Gasteiger partial charge on any atom is 0.355 e. The first kappa shape index (κ1) is 20.4. The number of hydrogen-bond donors (Lipinski definition) is 1. The Balaban J connectivity index is 2.27. The summed E-state index contributed by atoms with van der Waals surface area (Å²) >= 11 is 0. The fourth-order valence-electron chi connectivity index (χ4n) is 2.99. The van der Waals surface area contributed by atoms with Crippen LogP contribution in [-0.2, 0) is 4.74 Å². The Morgan fingerprint density at radius 1 is 1.11 bits per heavy atom. The van der Waals surface area contributed by atoms with Gasteiger partial charge in [0.15, 0.2) is 5.78 Å². The van der Waals surface area contributed by atoms with Crippen LogP contribution in [0.5, 0.6) is 0 Å². The van der Waals surface area contributed by atoms with E-state index in [4.69, 9.17) is 4.74 Å². The summed E-state index contributed by atoms with van der Waals surface area (Å²) in [6.07, 6.45) is 0. The van der Waals surface area contributed by atoms with Gasteiger partial charge in [0.1, 0.15) is 5.69 Å². The largest absolute Gasteiger partial charge is 0.461 e. The number of aryl methyl sites for hydroxylation is 2. The Bertz CT molecular complexity index is 865. The minimum Gasteiger partial charge on any atom is -0.461 e. The number of carbonyl (C=O) groups excluding carboxylic acids is 3. The predicted molar refractivity (Wildman–Crippen MR) is 103 cm³/mol. The highest BCUT2D eigenvalue weighted by atomic mass is 16.5. The summed E-state index contributed by atoms with van der Waals surface area (Å²) in [5.74, 6) is -0.944. The summed E-state index contributed by atoms with van der Waals surface area (Å²) < 4.78 is 5.02. The average Bonchev–Trinajstić information content (AvgIpc) is 2.94. The highest BCUT2D eigenvalue weighted by molar-refractivity contribution is 6.07. The second-order valence-electron chi connectivity index (χ2n) is 6.67. The summed E-state index contributed by atoms with van der Waals surface area (Å²) in [6, 6.07) is 6.54. The maximum atomic E-state index is 13.0. The molecule has 0 aliphatic carbocycles. The predicted octanol–water partition coefficient (Wildman–Crippen LogP) is 3.46. The number of ketones is 1. The Hall–Kier alpha value is -2.89. The molecule has 0 aliphatic rings. The van der Waals surface area contributed by atoms with Crippen LogP contribution < -0.4 is 0 Å². The number of nitrogens with one attached hydrogen (secondary N) is 1. The topological polar surface area (TPSA) is 79.5 Å². The minimum absolute atomic E-state index is 0.222. The van der Waals surface area contributed by atoms with Gasteiger partial charge in [-0.05, 0) is 52.3 Å². The van der Waals surface area contributed by atoms with Gasteiger partial charge < -0.3 is 14.6 Å².